The van der Waals surface area contributed by atoms with Gasteiger partial charge in [0, 0.05) is 12.1 Å². The number of nitrogens with two attached hydrogens (primary N) is 1. The maximum atomic E-state index is 11.8. The number of nitrogens with one attached hydrogen (secondary N) is 2. The molecule has 2 rings (SSSR count). The van der Waals surface area contributed by atoms with E-state index in [1.54, 1.807) is 24.3 Å². The molecule has 21 heavy (non-hydrogen) atoms. The molecule has 1 saturated heterocycles. The number of anilines is 1. The van der Waals surface area contributed by atoms with E-state index in [1.807, 2.05) is 0 Å². The van der Waals surface area contributed by atoms with E-state index in [-0.39, 0.29) is 24.9 Å². The van der Waals surface area contributed by atoms with E-state index in [4.69, 9.17) is 10.5 Å². The van der Waals surface area contributed by atoms with Gasteiger partial charge in [-0.3, -0.25) is 9.59 Å². The molecule has 4 N–H and O–H groups in total. The van der Waals surface area contributed by atoms with Crippen LogP contribution in [0.25, 0.3) is 0 Å². The Morgan fingerprint density at radius 1 is 1.33 bits per heavy atom. The molecule has 1 heterocycles. The van der Waals surface area contributed by atoms with Crippen molar-refractivity contribution in [3.05, 3.63) is 24.3 Å². The lowest BCUT2D eigenvalue weighted by Gasteiger charge is -2.10. The second kappa shape index (κ2) is 8.49. The van der Waals surface area contributed by atoms with Gasteiger partial charge in [0.2, 0.25) is 5.91 Å². The number of primary amides is 1. The van der Waals surface area contributed by atoms with Gasteiger partial charge in [-0.2, -0.15) is 0 Å². The van der Waals surface area contributed by atoms with Gasteiger partial charge in [0.25, 0.3) is 5.91 Å². The monoisotopic (exact) mass is 313 g/mol. The maximum absolute atomic E-state index is 11.8. The van der Waals surface area contributed by atoms with Crippen LogP contribution in [0.1, 0.15) is 12.8 Å². The van der Waals surface area contributed by atoms with Crippen molar-refractivity contribution in [1.82, 2.24) is 5.32 Å². The van der Waals surface area contributed by atoms with Crippen LogP contribution in [0.2, 0.25) is 0 Å². The van der Waals surface area contributed by atoms with E-state index in [0.29, 0.717) is 23.8 Å². The first-order valence-electron chi connectivity index (χ1n) is 6.65. The van der Waals surface area contributed by atoms with Crippen molar-refractivity contribution in [2.24, 2.45) is 11.7 Å². The van der Waals surface area contributed by atoms with Crippen LogP contribution in [-0.4, -0.2) is 31.5 Å². The predicted molar refractivity (Wildman–Crippen MR) is 82.6 cm³/mol. The van der Waals surface area contributed by atoms with Gasteiger partial charge in [-0.05, 0) is 49.7 Å². The number of ether oxygens (including phenoxy) is 1. The molecule has 1 aliphatic heterocycles. The van der Waals surface area contributed by atoms with Crippen LogP contribution in [0.3, 0.4) is 0 Å². The fraction of sp³-hybridized carbons (Fsp3) is 0.429. The van der Waals surface area contributed by atoms with Gasteiger partial charge >= 0.3 is 0 Å². The van der Waals surface area contributed by atoms with Crippen molar-refractivity contribution >= 4 is 29.9 Å². The van der Waals surface area contributed by atoms with E-state index in [9.17, 15) is 9.59 Å². The van der Waals surface area contributed by atoms with Crippen LogP contribution in [0, 0.1) is 5.92 Å². The molecular formula is C14H20ClN3O3. The molecule has 0 bridgehead atoms. The third kappa shape index (κ3) is 6.01. The highest BCUT2D eigenvalue weighted by atomic mass is 35.5. The van der Waals surface area contributed by atoms with Crippen LogP contribution in [0.15, 0.2) is 24.3 Å². The molecule has 1 unspecified atom stereocenters. The molecule has 2 amide bonds. The van der Waals surface area contributed by atoms with Gasteiger partial charge in [0.05, 0.1) is 0 Å². The Kier molecular flexibility index (Phi) is 6.98. The van der Waals surface area contributed by atoms with Crippen LogP contribution < -0.4 is 21.1 Å². The maximum Gasteiger partial charge on any atom is 0.255 e. The Balaban J connectivity index is 0.00000220. The van der Waals surface area contributed by atoms with Crippen LogP contribution in [-0.2, 0) is 9.59 Å². The average Bonchev–Trinajstić information content (AvgIpc) is 2.90. The minimum Gasteiger partial charge on any atom is -0.484 e. The Labute approximate surface area is 129 Å². The van der Waals surface area contributed by atoms with Gasteiger partial charge < -0.3 is 21.1 Å². The second-order valence-electron chi connectivity index (χ2n) is 4.89. The molecule has 1 aromatic rings. The highest BCUT2D eigenvalue weighted by molar-refractivity contribution is 5.90. The Morgan fingerprint density at radius 3 is 2.62 bits per heavy atom. The molecule has 0 aromatic heterocycles. The first kappa shape index (κ1) is 17.3. The molecule has 0 radical (unpaired) electrons. The van der Waals surface area contributed by atoms with E-state index in [0.717, 1.165) is 19.5 Å². The first-order chi connectivity index (χ1) is 9.63. The molecule has 1 fully saturated rings. The predicted octanol–water partition coefficient (Wildman–Crippen LogP) is 0.911. The number of hydrogen-bond donors (Lipinski definition) is 3. The van der Waals surface area contributed by atoms with Crippen LogP contribution in [0.4, 0.5) is 5.69 Å². The summed E-state index contributed by atoms with van der Waals surface area (Å²) in [5.74, 6) is 0.465. The number of carbonyl (C=O) groups excluding carboxylic acids is 2. The van der Waals surface area contributed by atoms with Gasteiger partial charge in [-0.25, -0.2) is 0 Å². The summed E-state index contributed by atoms with van der Waals surface area (Å²) >= 11 is 0. The summed E-state index contributed by atoms with van der Waals surface area (Å²) in [7, 11) is 0. The molecular weight excluding hydrogens is 294 g/mol. The lowest BCUT2D eigenvalue weighted by Crippen LogP contribution is -2.20. The van der Waals surface area contributed by atoms with E-state index in [1.165, 1.54) is 0 Å². The summed E-state index contributed by atoms with van der Waals surface area (Å²) in [6.07, 6.45) is 1.58. The molecule has 0 saturated carbocycles. The van der Waals surface area contributed by atoms with Crippen molar-refractivity contribution in [2.45, 2.75) is 12.8 Å². The average molecular weight is 314 g/mol. The topological polar surface area (TPSA) is 93.5 Å². The number of halogens is 1. The SMILES string of the molecule is Cl.NC(=O)COc1ccc(NC(=O)CC2CCNC2)cc1. The summed E-state index contributed by atoms with van der Waals surface area (Å²) in [5.41, 5.74) is 5.70. The van der Waals surface area contributed by atoms with Crippen molar-refractivity contribution < 1.29 is 14.3 Å². The van der Waals surface area contributed by atoms with Crippen molar-refractivity contribution in [1.29, 1.82) is 0 Å². The zero-order chi connectivity index (χ0) is 14.4. The Morgan fingerprint density at radius 2 is 2.05 bits per heavy atom. The van der Waals surface area contributed by atoms with Crippen molar-refractivity contribution in [3.8, 4) is 5.75 Å². The third-order valence-corrected chi connectivity index (χ3v) is 3.16. The molecule has 1 aliphatic rings. The van der Waals surface area contributed by atoms with E-state index < -0.39 is 5.91 Å². The summed E-state index contributed by atoms with van der Waals surface area (Å²) in [6, 6.07) is 6.85. The summed E-state index contributed by atoms with van der Waals surface area (Å²) in [6.45, 7) is 1.75. The van der Waals surface area contributed by atoms with Gasteiger partial charge in [0.1, 0.15) is 5.75 Å². The first-order valence-corrected chi connectivity index (χ1v) is 6.65. The zero-order valence-electron chi connectivity index (χ0n) is 11.6. The summed E-state index contributed by atoms with van der Waals surface area (Å²) < 4.78 is 5.14. The molecule has 0 spiro atoms. The minimum absolute atomic E-state index is 0. The number of amides is 2. The van der Waals surface area contributed by atoms with Crippen molar-refractivity contribution in [3.63, 3.8) is 0 Å². The normalized spacial score (nSPS) is 16.9. The fourth-order valence-corrected chi connectivity index (χ4v) is 2.15. The third-order valence-electron chi connectivity index (χ3n) is 3.16. The summed E-state index contributed by atoms with van der Waals surface area (Å²) in [5, 5.41) is 6.08. The van der Waals surface area contributed by atoms with Crippen molar-refractivity contribution in [2.75, 3.05) is 25.0 Å². The summed E-state index contributed by atoms with van der Waals surface area (Å²) in [4.78, 5) is 22.4. The van der Waals surface area contributed by atoms with Crippen LogP contribution >= 0.6 is 12.4 Å². The number of benzene rings is 1. The number of rotatable bonds is 6. The molecule has 7 heteroatoms. The second-order valence-corrected chi connectivity index (χ2v) is 4.89. The highest BCUT2D eigenvalue weighted by Gasteiger charge is 2.17. The molecule has 6 nitrogen and oxygen atoms in total. The highest BCUT2D eigenvalue weighted by Crippen LogP contribution is 2.17. The van der Waals surface area contributed by atoms with Crippen LogP contribution in [0.5, 0.6) is 5.75 Å². The standard InChI is InChI=1S/C14H19N3O3.ClH/c15-13(18)9-20-12-3-1-11(2-4-12)17-14(19)7-10-5-6-16-8-10;/h1-4,10,16H,5-9H2,(H2,15,18)(H,17,19);1H. The number of carbonyl (C=O) groups is 2. The number of hydrogen-bond acceptors (Lipinski definition) is 4. The van der Waals surface area contributed by atoms with E-state index in [2.05, 4.69) is 10.6 Å². The van der Waals surface area contributed by atoms with E-state index >= 15 is 0 Å². The van der Waals surface area contributed by atoms with Gasteiger partial charge in [-0.1, -0.05) is 0 Å². The van der Waals surface area contributed by atoms with Gasteiger partial charge in [-0.15, -0.1) is 12.4 Å². The zero-order valence-corrected chi connectivity index (χ0v) is 12.4. The molecule has 116 valence electrons. The fourth-order valence-electron chi connectivity index (χ4n) is 2.15. The quantitative estimate of drug-likeness (QED) is 0.727. The largest absolute Gasteiger partial charge is 0.484 e. The lowest BCUT2D eigenvalue weighted by atomic mass is 10.0. The molecule has 0 aliphatic carbocycles. The smallest absolute Gasteiger partial charge is 0.255 e. The lowest BCUT2D eigenvalue weighted by molar-refractivity contribution is -0.120. The molecule has 1 aromatic carbocycles. The Hall–Kier alpha value is -1.79. The Bertz CT molecular complexity index is 473. The van der Waals surface area contributed by atoms with Gasteiger partial charge in [0.15, 0.2) is 6.61 Å². The molecule has 1 atom stereocenters. The minimum atomic E-state index is -0.521.